The van der Waals surface area contributed by atoms with Crippen LogP contribution in [-0.2, 0) is 4.74 Å². The lowest BCUT2D eigenvalue weighted by Crippen LogP contribution is -2.20. The molecule has 23 heavy (non-hydrogen) atoms. The predicted molar refractivity (Wildman–Crippen MR) is 71.2 cm³/mol. The molecule has 0 aliphatic carbocycles. The maximum Gasteiger partial charge on any atom is 0.392 e. The summed E-state index contributed by atoms with van der Waals surface area (Å²) >= 11 is 0. The largest absolute Gasteiger partial charge is 0.461 e. The van der Waals surface area contributed by atoms with Crippen LogP contribution >= 0.6 is 0 Å². The summed E-state index contributed by atoms with van der Waals surface area (Å²) in [6.07, 6.45) is -3.15. The number of esters is 1. The minimum Gasteiger partial charge on any atom is -0.461 e. The molecule has 0 spiro atoms. The van der Waals surface area contributed by atoms with Gasteiger partial charge in [0.25, 0.3) is 0 Å². The van der Waals surface area contributed by atoms with Gasteiger partial charge in [-0.2, -0.15) is 17.6 Å². The maximum absolute atomic E-state index is 13.7. The Bertz CT molecular complexity index is 670. The van der Waals surface area contributed by atoms with Crippen LogP contribution in [0.2, 0.25) is 0 Å². The zero-order valence-electron chi connectivity index (χ0n) is 12.0. The second-order valence-corrected chi connectivity index (χ2v) is 4.72. The van der Waals surface area contributed by atoms with E-state index in [1.807, 2.05) is 0 Å². The van der Waals surface area contributed by atoms with E-state index in [-0.39, 0.29) is 0 Å². The number of hydrogen-bond acceptors (Lipinski definition) is 4. The van der Waals surface area contributed by atoms with Gasteiger partial charge in [0.15, 0.2) is 5.69 Å². The summed E-state index contributed by atoms with van der Waals surface area (Å²) in [6.45, 7) is 0.765. The average Bonchev–Trinajstić information content (AvgIpc) is 2.87. The summed E-state index contributed by atoms with van der Waals surface area (Å²) in [5, 5.41) is 0. The molecule has 1 atom stereocenters. The number of halogens is 4. The monoisotopic (exact) mass is 331 g/mol. The number of hydrogen-bond donors (Lipinski definition) is 0. The van der Waals surface area contributed by atoms with Crippen LogP contribution in [0.4, 0.5) is 17.6 Å². The molecule has 2 heterocycles. The van der Waals surface area contributed by atoms with Gasteiger partial charge in [0.2, 0.25) is 5.95 Å². The summed E-state index contributed by atoms with van der Waals surface area (Å²) in [6, 6.07) is 4.53. The SMILES string of the molecule is C[C@H](c1ccccn1)n1cnc(F)c1C(=O)OCCC(F)(F)F. The Kier molecular flexibility index (Phi) is 4.97. The molecule has 2 rings (SSSR count). The van der Waals surface area contributed by atoms with Gasteiger partial charge in [0, 0.05) is 6.20 Å². The molecule has 0 fully saturated rings. The molecular formula is C14H13F4N3O2. The number of ether oxygens (including phenoxy) is 1. The first kappa shape index (κ1) is 16.9. The number of pyridine rings is 1. The highest BCUT2D eigenvalue weighted by Crippen LogP contribution is 2.22. The lowest BCUT2D eigenvalue weighted by molar-refractivity contribution is -0.141. The van der Waals surface area contributed by atoms with Gasteiger partial charge in [-0.25, -0.2) is 9.78 Å². The Morgan fingerprint density at radius 2 is 2.09 bits per heavy atom. The quantitative estimate of drug-likeness (QED) is 0.624. The lowest BCUT2D eigenvalue weighted by atomic mass is 10.2. The Hall–Kier alpha value is -2.45. The number of alkyl halides is 3. The molecule has 0 radical (unpaired) electrons. The molecule has 0 aromatic carbocycles. The Morgan fingerprint density at radius 1 is 1.35 bits per heavy atom. The molecule has 0 unspecified atom stereocenters. The first-order valence-corrected chi connectivity index (χ1v) is 6.66. The topological polar surface area (TPSA) is 57.0 Å². The molecule has 0 bridgehead atoms. The van der Waals surface area contributed by atoms with Crippen molar-refractivity contribution in [3.05, 3.63) is 48.1 Å². The third-order valence-electron chi connectivity index (χ3n) is 3.09. The average molecular weight is 331 g/mol. The van der Waals surface area contributed by atoms with Gasteiger partial charge < -0.3 is 9.30 Å². The number of rotatable bonds is 5. The van der Waals surface area contributed by atoms with Crippen molar-refractivity contribution in [3.63, 3.8) is 0 Å². The lowest BCUT2D eigenvalue weighted by Gasteiger charge is -2.15. The molecule has 0 aliphatic heterocycles. The van der Waals surface area contributed by atoms with Crippen LogP contribution in [0.25, 0.3) is 0 Å². The van der Waals surface area contributed by atoms with Gasteiger partial charge in [0.05, 0.1) is 24.5 Å². The molecule has 0 saturated carbocycles. The molecule has 0 saturated heterocycles. The van der Waals surface area contributed by atoms with Gasteiger partial charge >= 0.3 is 12.1 Å². The highest BCUT2D eigenvalue weighted by molar-refractivity contribution is 5.87. The number of aromatic nitrogens is 3. The van der Waals surface area contributed by atoms with Gasteiger partial charge in [0.1, 0.15) is 6.61 Å². The van der Waals surface area contributed by atoms with Crippen molar-refractivity contribution in [2.24, 2.45) is 0 Å². The fraction of sp³-hybridized carbons (Fsp3) is 0.357. The molecular weight excluding hydrogens is 318 g/mol. The highest BCUT2D eigenvalue weighted by Gasteiger charge is 2.29. The van der Waals surface area contributed by atoms with Crippen LogP contribution < -0.4 is 0 Å². The molecule has 0 amide bonds. The number of nitrogens with zero attached hydrogens (tertiary/aromatic N) is 3. The normalized spacial score (nSPS) is 12.9. The van der Waals surface area contributed by atoms with Gasteiger partial charge in [-0.05, 0) is 19.1 Å². The molecule has 2 aromatic heterocycles. The van der Waals surface area contributed by atoms with E-state index in [1.165, 1.54) is 10.8 Å². The smallest absolute Gasteiger partial charge is 0.392 e. The van der Waals surface area contributed by atoms with Crippen LogP contribution in [-0.4, -0.2) is 33.3 Å². The summed E-state index contributed by atoms with van der Waals surface area (Å²) in [4.78, 5) is 19.3. The van der Waals surface area contributed by atoms with E-state index < -0.39 is 42.9 Å². The standard InChI is InChI=1S/C14H13F4N3O2/c1-9(10-4-2-3-6-19-10)21-8-20-12(15)11(21)13(22)23-7-5-14(16,17)18/h2-4,6,8-9H,5,7H2,1H3/t9-/m1/s1. The van der Waals surface area contributed by atoms with E-state index >= 15 is 0 Å². The van der Waals surface area contributed by atoms with Crippen molar-refractivity contribution >= 4 is 5.97 Å². The molecule has 2 aromatic rings. The Morgan fingerprint density at radius 3 is 2.70 bits per heavy atom. The molecule has 5 nitrogen and oxygen atoms in total. The number of imidazole rings is 1. The number of carbonyl (C=O) groups excluding carboxylic acids is 1. The second kappa shape index (κ2) is 6.76. The van der Waals surface area contributed by atoms with E-state index in [1.54, 1.807) is 25.1 Å². The Balaban J connectivity index is 2.17. The number of carbonyl (C=O) groups is 1. The van der Waals surface area contributed by atoms with Crippen molar-refractivity contribution in [3.8, 4) is 0 Å². The van der Waals surface area contributed by atoms with E-state index in [9.17, 15) is 22.4 Å². The zero-order chi connectivity index (χ0) is 17.0. The van der Waals surface area contributed by atoms with Crippen molar-refractivity contribution in [1.29, 1.82) is 0 Å². The molecule has 124 valence electrons. The van der Waals surface area contributed by atoms with E-state index in [4.69, 9.17) is 0 Å². The predicted octanol–water partition coefficient (Wildman–Crippen LogP) is 3.14. The zero-order valence-corrected chi connectivity index (χ0v) is 12.0. The van der Waals surface area contributed by atoms with E-state index in [0.717, 1.165) is 6.33 Å². The van der Waals surface area contributed by atoms with Gasteiger partial charge in [-0.1, -0.05) is 6.07 Å². The van der Waals surface area contributed by atoms with Crippen molar-refractivity contribution < 1.29 is 27.1 Å². The maximum atomic E-state index is 13.7. The van der Waals surface area contributed by atoms with Crippen LogP contribution in [0.3, 0.4) is 0 Å². The fourth-order valence-electron chi connectivity index (χ4n) is 1.91. The van der Waals surface area contributed by atoms with E-state index in [0.29, 0.717) is 5.69 Å². The van der Waals surface area contributed by atoms with Crippen molar-refractivity contribution in [2.75, 3.05) is 6.61 Å². The minimum absolute atomic E-state index is 0.536. The summed E-state index contributed by atoms with van der Waals surface area (Å²) < 4.78 is 55.6. The van der Waals surface area contributed by atoms with E-state index in [2.05, 4.69) is 14.7 Å². The van der Waals surface area contributed by atoms with Crippen LogP contribution in [0, 0.1) is 5.95 Å². The second-order valence-electron chi connectivity index (χ2n) is 4.72. The van der Waals surface area contributed by atoms with Crippen LogP contribution in [0.5, 0.6) is 0 Å². The van der Waals surface area contributed by atoms with Gasteiger partial charge in [-0.3, -0.25) is 4.98 Å². The third-order valence-corrected chi connectivity index (χ3v) is 3.09. The molecule has 9 heteroatoms. The first-order chi connectivity index (χ1) is 10.8. The van der Waals surface area contributed by atoms with Crippen molar-refractivity contribution in [2.45, 2.75) is 25.6 Å². The highest BCUT2D eigenvalue weighted by atomic mass is 19.4. The van der Waals surface area contributed by atoms with Crippen molar-refractivity contribution in [1.82, 2.24) is 14.5 Å². The Labute approximate surface area is 128 Å². The van der Waals surface area contributed by atoms with Crippen LogP contribution in [0.1, 0.15) is 35.6 Å². The summed E-state index contributed by atoms with van der Waals surface area (Å²) in [5.74, 6) is -2.31. The minimum atomic E-state index is -4.46. The first-order valence-electron chi connectivity index (χ1n) is 6.66. The van der Waals surface area contributed by atoms with Crippen LogP contribution in [0.15, 0.2) is 30.7 Å². The summed E-state index contributed by atoms with van der Waals surface area (Å²) in [7, 11) is 0. The third kappa shape index (κ3) is 4.27. The summed E-state index contributed by atoms with van der Waals surface area (Å²) in [5.41, 5.74) is -0.000399. The molecule has 0 N–H and O–H groups in total. The van der Waals surface area contributed by atoms with Gasteiger partial charge in [-0.15, -0.1) is 0 Å². The fourth-order valence-corrected chi connectivity index (χ4v) is 1.91. The molecule has 0 aliphatic rings.